The van der Waals surface area contributed by atoms with Crippen molar-refractivity contribution >= 4 is 39.5 Å². The van der Waals surface area contributed by atoms with Crippen LogP contribution in [-0.2, 0) is 65.4 Å². The summed E-state index contributed by atoms with van der Waals surface area (Å²) in [7, 11) is -10.0. The molecule has 3 N–H and O–H groups in total. The molecule has 0 saturated carbocycles. The zero-order valence-corrected chi connectivity index (χ0v) is 67.3. The van der Waals surface area contributed by atoms with Crippen molar-refractivity contribution in [2.45, 2.75) is 303 Å². The summed E-state index contributed by atoms with van der Waals surface area (Å²) in [5.74, 6) is -2.43. The molecule has 106 heavy (non-hydrogen) atoms. The van der Waals surface area contributed by atoms with Crippen LogP contribution in [0.25, 0.3) is 0 Å². The number of carbonyl (C=O) groups excluding carboxylic acids is 4. The first kappa shape index (κ1) is 100. The molecule has 0 spiro atoms. The van der Waals surface area contributed by atoms with Gasteiger partial charge in [0.15, 0.2) is 12.2 Å². The van der Waals surface area contributed by atoms with Gasteiger partial charge in [0.25, 0.3) is 0 Å². The third-order valence-corrected chi connectivity index (χ3v) is 17.7. The van der Waals surface area contributed by atoms with Crippen LogP contribution >= 0.6 is 15.6 Å². The number of aliphatic hydroxyl groups is 1. The number of aliphatic hydroxyl groups excluding tert-OH is 1. The van der Waals surface area contributed by atoms with Gasteiger partial charge in [0, 0.05) is 25.7 Å². The van der Waals surface area contributed by atoms with Crippen molar-refractivity contribution < 1.29 is 80.2 Å². The Morgan fingerprint density at radius 1 is 0.274 bits per heavy atom. The maximum Gasteiger partial charge on any atom is 0.472 e. The Kier molecular flexibility index (Phi) is 73.1. The lowest BCUT2D eigenvalue weighted by atomic mass is 10.1. The van der Waals surface area contributed by atoms with E-state index in [1.807, 2.05) is 42.5 Å². The van der Waals surface area contributed by atoms with Gasteiger partial charge in [-0.05, 0) is 167 Å². The molecule has 0 rings (SSSR count). The predicted molar refractivity (Wildman–Crippen MR) is 436 cm³/mol. The quantitative estimate of drug-likeness (QED) is 0.0169. The van der Waals surface area contributed by atoms with Crippen LogP contribution in [0.4, 0.5) is 0 Å². The Morgan fingerprint density at radius 3 is 0.877 bits per heavy atom. The highest BCUT2D eigenvalue weighted by atomic mass is 31.2. The van der Waals surface area contributed by atoms with E-state index >= 15 is 0 Å². The second kappa shape index (κ2) is 77.3. The van der Waals surface area contributed by atoms with E-state index in [1.54, 1.807) is 0 Å². The van der Waals surface area contributed by atoms with Gasteiger partial charge >= 0.3 is 39.5 Å². The lowest BCUT2D eigenvalue weighted by molar-refractivity contribution is -0.161. The van der Waals surface area contributed by atoms with Crippen LogP contribution in [0.2, 0.25) is 0 Å². The predicted octanol–water partition coefficient (Wildman–Crippen LogP) is 23.6. The molecule has 0 heterocycles. The zero-order valence-electron chi connectivity index (χ0n) is 65.5. The molecule has 0 fully saturated rings. The van der Waals surface area contributed by atoms with Gasteiger partial charge in [-0.25, -0.2) is 9.13 Å². The van der Waals surface area contributed by atoms with E-state index in [-0.39, 0.29) is 25.7 Å². The number of hydrogen-bond acceptors (Lipinski definition) is 15. The fourth-order valence-corrected chi connectivity index (χ4v) is 11.3. The smallest absolute Gasteiger partial charge is 0.462 e. The highest BCUT2D eigenvalue weighted by molar-refractivity contribution is 7.47. The van der Waals surface area contributed by atoms with E-state index in [1.165, 1.54) is 64.2 Å². The topological polar surface area (TPSA) is 237 Å². The van der Waals surface area contributed by atoms with Crippen molar-refractivity contribution in [2.75, 3.05) is 39.6 Å². The first-order valence-corrected chi connectivity index (χ1v) is 43.0. The normalized spacial score (nSPS) is 14.8. The molecule has 0 aromatic carbocycles. The van der Waals surface area contributed by atoms with Crippen LogP contribution < -0.4 is 0 Å². The molecule has 0 aromatic heterocycles. The van der Waals surface area contributed by atoms with Crippen molar-refractivity contribution in [3.8, 4) is 0 Å². The molecule has 0 aromatic rings. The lowest BCUT2D eigenvalue weighted by Gasteiger charge is -2.21. The Morgan fingerprint density at radius 2 is 0.519 bits per heavy atom. The van der Waals surface area contributed by atoms with Crippen LogP contribution in [0.3, 0.4) is 0 Å². The van der Waals surface area contributed by atoms with Gasteiger partial charge in [-0.2, -0.15) is 0 Å². The summed E-state index contributed by atoms with van der Waals surface area (Å²) >= 11 is 0. The minimum atomic E-state index is -5.02. The molecule has 0 aliphatic carbocycles. The number of allylic oxidation sites excluding steroid dienone is 30. The van der Waals surface area contributed by atoms with Crippen molar-refractivity contribution in [3.63, 3.8) is 0 Å². The van der Waals surface area contributed by atoms with Crippen LogP contribution in [0.5, 0.6) is 0 Å². The molecular formula is C87H140O17P2. The number of phosphoric ester groups is 2. The summed E-state index contributed by atoms with van der Waals surface area (Å²) in [6, 6.07) is 0. The van der Waals surface area contributed by atoms with Crippen molar-refractivity contribution in [3.05, 3.63) is 182 Å². The Hall–Kier alpha value is -5.84. The van der Waals surface area contributed by atoms with E-state index in [0.29, 0.717) is 44.9 Å². The van der Waals surface area contributed by atoms with Crippen LogP contribution in [0.1, 0.15) is 285 Å². The molecule has 5 atom stereocenters. The molecular weight excluding hydrogens is 1380 g/mol. The summed E-state index contributed by atoms with van der Waals surface area (Å²) in [6.45, 7) is 4.44. The molecule has 0 amide bonds. The van der Waals surface area contributed by atoms with Crippen LogP contribution in [0, 0.1) is 0 Å². The van der Waals surface area contributed by atoms with Gasteiger partial charge < -0.3 is 33.8 Å². The van der Waals surface area contributed by atoms with Crippen molar-refractivity contribution in [1.82, 2.24) is 0 Å². The van der Waals surface area contributed by atoms with Gasteiger partial charge in [-0.15, -0.1) is 0 Å². The maximum absolute atomic E-state index is 13.1. The molecule has 0 radical (unpaired) electrons. The SMILES string of the molecule is CC/C=C\C/C=C\C/C=C\C/C=C\C/C=C\C/C=C\CCC(=O)OC[C@H](COP(=O)(O)OC[C@@H](O)COP(=O)(O)OC[C@@H](COC(=O)CCC/C=C\C/C=C\C/C=C\C/C=C\CCCCC)OC(=O)CCCCCCC/C=C\CCCCCC)OC(=O)CCC/C=C\C/C=C\C/C=C\C/C=C\CCCCC. The summed E-state index contributed by atoms with van der Waals surface area (Å²) in [5, 5.41) is 10.6. The monoisotopic (exact) mass is 1520 g/mol. The van der Waals surface area contributed by atoms with E-state index in [0.717, 1.165) is 122 Å². The second-order valence-corrected chi connectivity index (χ2v) is 28.8. The number of esters is 4. The molecule has 600 valence electrons. The van der Waals surface area contributed by atoms with Gasteiger partial charge in [0.05, 0.1) is 26.4 Å². The van der Waals surface area contributed by atoms with E-state index < -0.39 is 97.5 Å². The molecule has 0 aliphatic rings. The highest BCUT2D eigenvalue weighted by Crippen LogP contribution is 2.45. The van der Waals surface area contributed by atoms with Gasteiger partial charge in [0.2, 0.25) is 0 Å². The fraction of sp³-hybridized carbons (Fsp3) is 0.609. The van der Waals surface area contributed by atoms with Crippen LogP contribution in [0.15, 0.2) is 182 Å². The average molecular weight is 1520 g/mol. The third-order valence-electron chi connectivity index (χ3n) is 15.8. The summed E-state index contributed by atoms with van der Waals surface area (Å²) < 4.78 is 68.4. The van der Waals surface area contributed by atoms with Gasteiger partial charge in [-0.1, -0.05) is 274 Å². The summed E-state index contributed by atoms with van der Waals surface area (Å²) in [5.41, 5.74) is 0. The second-order valence-electron chi connectivity index (χ2n) is 25.9. The standard InChI is InChI=1S/C87H140O17P2/c1-5-9-13-17-21-25-29-33-36-39-40-43-45-49-52-56-60-64-68-72-85(90)98-78-83(104-87(92)74-70-66-62-58-54-50-46-42-38-35-31-27-23-19-15-11-7-3)80-102-106(95,96)100-76-81(88)75-99-105(93,94)101-79-82(103-86(91)73-69-65-61-57-53-47-32-28-24-20-16-12-8-4)77-97-84(89)71-67-63-59-55-51-48-44-41-37-34-30-26-22-18-14-10-6-2/h9,13,21-23,25-28,32-38,40,43-44,46,48-50,52,55,58-60,62,64,81-83,88H,5-8,10-12,14-20,24,29-31,39,41-42,45,47,51,53-54,56-57,61,63,65-80H2,1-4H3,(H,93,94)(H,95,96)/b13-9-,25-21-,26-22-,27-23-,32-28-,36-33-,37-34-,38-35-,43-40-,48-44-,50-46-,52-49-,59-55-,62-58-,64-60-/t81-,82+,83+/m0/s1. The molecule has 2 unspecified atom stereocenters. The van der Waals surface area contributed by atoms with Crippen LogP contribution in [-0.4, -0.2) is 96.7 Å². The minimum Gasteiger partial charge on any atom is -0.462 e. The molecule has 19 heteroatoms. The molecule has 0 bridgehead atoms. The lowest BCUT2D eigenvalue weighted by Crippen LogP contribution is -2.30. The Balaban J connectivity index is 5.55. The van der Waals surface area contributed by atoms with Crippen molar-refractivity contribution in [1.29, 1.82) is 0 Å². The maximum atomic E-state index is 13.1. The molecule has 0 saturated heterocycles. The fourth-order valence-electron chi connectivity index (χ4n) is 9.75. The van der Waals surface area contributed by atoms with E-state index in [2.05, 4.69) is 167 Å². The molecule has 0 aliphatic heterocycles. The molecule has 17 nitrogen and oxygen atoms in total. The summed E-state index contributed by atoms with van der Waals surface area (Å²) in [6.07, 6.45) is 93.3. The number of ether oxygens (including phenoxy) is 4. The largest absolute Gasteiger partial charge is 0.472 e. The average Bonchev–Trinajstić information content (AvgIpc) is 0.907. The third kappa shape index (κ3) is 76.4. The van der Waals surface area contributed by atoms with Gasteiger partial charge in [-0.3, -0.25) is 37.3 Å². The summed E-state index contributed by atoms with van der Waals surface area (Å²) in [4.78, 5) is 73.0. The van der Waals surface area contributed by atoms with E-state index in [4.69, 9.17) is 37.0 Å². The van der Waals surface area contributed by atoms with Crippen molar-refractivity contribution in [2.24, 2.45) is 0 Å². The highest BCUT2D eigenvalue weighted by Gasteiger charge is 2.30. The number of phosphoric acid groups is 2. The number of hydrogen-bond donors (Lipinski definition) is 3. The number of carbonyl (C=O) groups is 4. The zero-order chi connectivity index (χ0) is 77.4. The first-order chi connectivity index (χ1) is 51.7. The first-order valence-electron chi connectivity index (χ1n) is 40.0. The van der Waals surface area contributed by atoms with Gasteiger partial charge in [0.1, 0.15) is 19.3 Å². The number of unbranched alkanes of at least 4 members (excludes halogenated alkanes) is 17. The Bertz CT molecular complexity index is 2730. The Labute approximate surface area is 641 Å². The van der Waals surface area contributed by atoms with E-state index in [9.17, 15) is 43.2 Å². The minimum absolute atomic E-state index is 0.00527. The number of rotatable bonds is 73.